The Morgan fingerprint density at radius 3 is 2.87 bits per heavy atom. The summed E-state index contributed by atoms with van der Waals surface area (Å²) in [6, 6.07) is 5.41. The monoisotopic (exact) mass is 469 g/mol. The molecule has 2 rings (SSSR count). The minimum absolute atomic E-state index is 0. The fraction of sp³-hybridized carbons (Fsp3) is 0.353. The predicted molar refractivity (Wildman–Crippen MR) is 91.8 cm³/mol. The zero-order valence-corrected chi connectivity index (χ0v) is 18.2. The molecule has 1 aromatic rings. The van der Waals surface area contributed by atoms with Gasteiger partial charge in [-0.3, -0.25) is 4.79 Å². The first-order valence-electron chi connectivity index (χ1n) is 6.97. The fourth-order valence-corrected chi connectivity index (χ4v) is 2.84. The van der Waals surface area contributed by atoms with Gasteiger partial charge in [-0.1, -0.05) is 28.3 Å². The maximum atomic E-state index is 12.2. The van der Waals surface area contributed by atoms with E-state index in [1.165, 1.54) is 0 Å². The van der Waals surface area contributed by atoms with Crippen molar-refractivity contribution < 1.29 is 42.2 Å². The van der Waals surface area contributed by atoms with Crippen LogP contribution in [0.25, 0.3) is 5.70 Å². The van der Waals surface area contributed by atoms with E-state index in [9.17, 15) is 4.79 Å². The summed E-state index contributed by atoms with van der Waals surface area (Å²) in [6.07, 6.45) is 3.79. The van der Waals surface area contributed by atoms with Crippen LogP contribution in [0.5, 0.6) is 5.75 Å². The van der Waals surface area contributed by atoms with Crippen molar-refractivity contribution in [3.05, 3.63) is 34.9 Å². The summed E-state index contributed by atoms with van der Waals surface area (Å²) in [6.45, 7) is 4.59. The van der Waals surface area contributed by atoms with Crippen molar-refractivity contribution in [2.24, 2.45) is 0 Å². The summed E-state index contributed by atoms with van der Waals surface area (Å²) in [4.78, 5) is 13.7. The van der Waals surface area contributed by atoms with Crippen molar-refractivity contribution in [2.45, 2.75) is 25.1 Å². The Balaban J connectivity index is 0.00000264. The zero-order valence-electron chi connectivity index (χ0n) is 13.0. The average molecular weight is 471 g/mol. The van der Waals surface area contributed by atoms with Gasteiger partial charge in [0.1, 0.15) is 12.4 Å². The average Bonchev–Trinajstić information content (AvgIpc) is 2.51. The molecule has 1 aliphatic rings. The molecule has 1 unspecified atom stereocenters. The molecule has 0 bridgehead atoms. The summed E-state index contributed by atoms with van der Waals surface area (Å²) in [5.41, 5.74) is 1.51. The van der Waals surface area contributed by atoms with Crippen LogP contribution in [0.2, 0.25) is 5.02 Å². The van der Waals surface area contributed by atoms with Gasteiger partial charge in [-0.25, -0.2) is 6.08 Å². The number of nitrogens with zero attached hydrogens (tertiary/aromatic N) is 1. The first-order valence-corrected chi connectivity index (χ1v) is 8.26. The van der Waals surface area contributed by atoms with Crippen molar-refractivity contribution in [3.63, 3.8) is 0 Å². The Morgan fingerprint density at radius 2 is 2.26 bits per heavy atom. The molecule has 0 N–H and O–H groups in total. The molecule has 1 amide bonds. The number of carbonyl (C=O) groups excluding carboxylic acids is 1. The second-order valence-electron chi connectivity index (χ2n) is 4.64. The molecule has 0 aromatic heterocycles. The van der Waals surface area contributed by atoms with E-state index in [4.69, 9.17) is 16.3 Å². The second-order valence-corrected chi connectivity index (χ2v) is 6.15. The Bertz CT molecular complexity index is 666. The molecule has 1 atom stereocenters. The molecule has 119 valence electrons. The van der Waals surface area contributed by atoms with E-state index in [0.29, 0.717) is 30.3 Å². The maximum Gasteiger partial charge on any atom is 0.236 e. The molecular weight excluding hydrogens is 454 g/mol. The Labute approximate surface area is 175 Å². The number of hydrogen-bond donors (Lipinski definition) is 0. The van der Waals surface area contributed by atoms with E-state index in [-0.39, 0.29) is 43.4 Å². The van der Waals surface area contributed by atoms with Crippen LogP contribution < -0.4 is 4.74 Å². The van der Waals surface area contributed by atoms with Gasteiger partial charge < -0.3 is 9.64 Å². The minimum Gasteiger partial charge on any atom is -0.481 e. The fourth-order valence-electron chi connectivity index (χ4n) is 2.17. The van der Waals surface area contributed by atoms with Crippen LogP contribution in [-0.4, -0.2) is 28.8 Å². The summed E-state index contributed by atoms with van der Waals surface area (Å²) < 4.78 is 5.49. The Morgan fingerprint density at radius 1 is 1.52 bits per heavy atom. The van der Waals surface area contributed by atoms with E-state index in [0.717, 1.165) is 11.3 Å². The standard InChI is InChI=1S/C17H16BrClNO2.Y/c1-3-5-10-22-12-6-7-13(15(19)11-12)16-9-8-14(18)17(21)20(16)4-2;/h6-7,11,14H,4,8,10H2,1-2H3;/q-1;. The third-order valence-electron chi connectivity index (χ3n) is 3.25. The van der Waals surface area contributed by atoms with Gasteiger partial charge in [0.05, 0.1) is 4.83 Å². The molecule has 23 heavy (non-hydrogen) atoms. The first-order chi connectivity index (χ1) is 10.6. The number of benzene rings is 1. The molecule has 1 aromatic carbocycles. The van der Waals surface area contributed by atoms with Crippen molar-refractivity contribution in [1.29, 1.82) is 0 Å². The third-order valence-corrected chi connectivity index (χ3v) is 4.28. The van der Waals surface area contributed by atoms with Gasteiger partial charge in [0.2, 0.25) is 5.91 Å². The summed E-state index contributed by atoms with van der Waals surface area (Å²) >= 11 is 9.72. The number of hydrogen-bond acceptors (Lipinski definition) is 2. The van der Waals surface area contributed by atoms with Gasteiger partial charge in [0.25, 0.3) is 0 Å². The molecule has 0 fully saturated rings. The van der Waals surface area contributed by atoms with Crippen LogP contribution in [0.4, 0.5) is 0 Å². The first kappa shape index (κ1) is 20.7. The van der Waals surface area contributed by atoms with Gasteiger partial charge >= 0.3 is 0 Å². The molecule has 3 nitrogen and oxygen atoms in total. The molecular formula is C17H16BrClNO2Y-. The van der Waals surface area contributed by atoms with Crippen LogP contribution in [0.15, 0.2) is 18.2 Å². The summed E-state index contributed by atoms with van der Waals surface area (Å²) in [5.74, 6) is 6.28. The van der Waals surface area contributed by atoms with Crippen molar-refractivity contribution in [2.75, 3.05) is 13.2 Å². The van der Waals surface area contributed by atoms with Crippen molar-refractivity contribution >= 4 is 39.1 Å². The van der Waals surface area contributed by atoms with Gasteiger partial charge in [-0.05, 0) is 31.0 Å². The number of halogens is 2. The number of carbonyl (C=O) groups is 1. The van der Waals surface area contributed by atoms with E-state index in [2.05, 4.69) is 33.8 Å². The normalized spacial score (nSPS) is 16.9. The number of amides is 1. The molecule has 6 heteroatoms. The summed E-state index contributed by atoms with van der Waals surface area (Å²) in [7, 11) is 0. The Hall–Kier alpha value is -0.336. The van der Waals surface area contributed by atoms with Gasteiger partial charge in [-0.2, -0.15) is 0 Å². The Kier molecular flexibility index (Phi) is 8.86. The number of allylic oxidation sites excluding steroid dienone is 1. The van der Waals surface area contributed by atoms with Crippen LogP contribution in [0.3, 0.4) is 0 Å². The molecule has 0 aliphatic carbocycles. The van der Waals surface area contributed by atoms with Crippen LogP contribution >= 0.6 is 27.5 Å². The molecule has 1 aliphatic heterocycles. The van der Waals surface area contributed by atoms with Crippen LogP contribution in [-0.2, 0) is 37.5 Å². The smallest absolute Gasteiger partial charge is 0.236 e. The summed E-state index contributed by atoms with van der Waals surface area (Å²) in [5, 5.41) is 0.531. The number of ether oxygens (including phenoxy) is 1. The van der Waals surface area contributed by atoms with E-state index >= 15 is 0 Å². The maximum absolute atomic E-state index is 12.2. The van der Waals surface area contributed by atoms with E-state index in [1.807, 2.05) is 19.1 Å². The second kappa shape index (κ2) is 9.84. The van der Waals surface area contributed by atoms with E-state index in [1.54, 1.807) is 17.9 Å². The molecule has 0 spiro atoms. The van der Waals surface area contributed by atoms with Gasteiger partial charge in [0.15, 0.2) is 0 Å². The number of alkyl halides is 1. The largest absolute Gasteiger partial charge is 0.481 e. The topological polar surface area (TPSA) is 29.5 Å². The quantitative estimate of drug-likeness (QED) is 0.380. The zero-order chi connectivity index (χ0) is 16.1. The third kappa shape index (κ3) is 5.07. The molecule has 0 saturated carbocycles. The van der Waals surface area contributed by atoms with Crippen molar-refractivity contribution in [1.82, 2.24) is 4.90 Å². The molecule has 1 heterocycles. The van der Waals surface area contributed by atoms with Gasteiger partial charge in [0, 0.05) is 39.3 Å². The predicted octanol–water partition coefficient (Wildman–Crippen LogP) is 3.90. The SMILES string of the molecule is CC#CCOc1ccc(C2=[C-]CC(Br)C(=O)N2CC)c(Cl)c1.[Y]. The van der Waals surface area contributed by atoms with Crippen molar-refractivity contribution in [3.8, 4) is 17.6 Å². The number of rotatable bonds is 4. The van der Waals surface area contributed by atoms with E-state index < -0.39 is 0 Å². The molecule has 0 saturated heterocycles. The van der Waals surface area contributed by atoms with Crippen LogP contribution in [0.1, 0.15) is 25.8 Å². The minimum atomic E-state index is -0.217. The van der Waals surface area contributed by atoms with Crippen LogP contribution in [0, 0.1) is 17.9 Å². The molecule has 1 radical (unpaired) electrons. The van der Waals surface area contributed by atoms with Gasteiger partial charge in [-0.15, -0.1) is 34.8 Å².